The van der Waals surface area contributed by atoms with Crippen LogP contribution < -0.4 is 0 Å². The van der Waals surface area contributed by atoms with Crippen LogP contribution in [0.4, 0.5) is 0 Å². The Hall–Kier alpha value is -2.14. The highest BCUT2D eigenvalue weighted by Crippen LogP contribution is 2.31. The number of halogens is 1. The summed E-state index contributed by atoms with van der Waals surface area (Å²) in [5.74, 6) is 0.908. The Kier molecular flexibility index (Phi) is 3.75. The molecular weight excluding hydrogens is 332 g/mol. The molecule has 0 aliphatic heterocycles. The number of benzene rings is 2. The van der Waals surface area contributed by atoms with Gasteiger partial charge in [-0.15, -0.1) is 0 Å². The molecule has 2 aromatic carbocycles. The molecule has 0 spiro atoms. The van der Waals surface area contributed by atoms with Crippen LogP contribution in [-0.2, 0) is 6.42 Å². The number of rotatable bonds is 3. The number of hydrogen-bond acceptors (Lipinski definition) is 4. The summed E-state index contributed by atoms with van der Waals surface area (Å²) in [6.07, 6.45) is 0.991. The van der Waals surface area contributed by atoms with Crippen LogP contribution in [0.1, 0.15) is 12.5 Å². The number of nitrogens with zero attached hydrogens (tertiary/aromatic N) is 2. The smallest absolute Gasteiger partial charge is 0.261 e. The summed E-state index contributed by atoms with van der Waals surface area (Å²) in [6.45, 7) is 2.11. The molecule has 0 atom stereocenters. The highest BCUT2D eigenvalue weighted by molar-refractivity contribution is 9.10. The lowest BCUT2D eigenvalue weighted by Crippen LogP contribution is -1.84. The fraction of sp³-hybridized carbons (Fsp3) is 0.125. The van der Waals surface area contributed by atoms with Crippen molar-refractivity contribution in [3.63, 3.8) is 0 Å². The molecule has 0 radical (unpaired) electrons. The van der Waals surface area contributed by atoms with Gasteiger partial charge in [-0.2, -0.15) is 4.98 Å². The van der Waals surface area contributed by atoms with Crippen LogP contribution in [0, 0.1) is 0 Å². The van der Waals surface area contributed by atoms with Crippen LogP contribution in [0.3, 0.4) is 0 Å². The maximum Gasteiger partial charge on any atom is 0.261 e. The summed E-state index contributed by atoms with van der Waals surface area (Å²) in [5, 5.41) is 13.9. The van der Waals surface area contributed by atoms with Gasteiger partial charge < -0.3 is 9.63 Å². The van der Waals surface area contributed by atoms with E-state index in [1.165, 1.54) is 5.56 Å². The third-order valence-corrected chi connectivity index (χ3v) is 3.73. The van der Waals surface area contributed by atoms with Gasteiger partial charge in [0.05, 0.1) is 5.56 Å². The zero-order valence-electron chi connectivity index (χ0n) is 11.4. The Morgan fingerprint density at radius 3 is 2.57 bits per heavy atom. The van der Waals surface area contributed by atoms with E-state index in [1.54, 1.807) is 12.1 Å². The highest BCUT2D eigenvalue weighted by atomic mass is 79.9. The van der Waals surface area contributed by atoms with Gasteiger partial charge in [0.2, 0.25) is 5.82 Å². The fourth-order valence-electron chi connectivity index (χ4n) is 2.03. The van der Waals surface area contributed by atoms with E-state index < -0.39 is 0 Å². The second-order valence-corrected chi connectivity index (χ2v) is 5.55. The first kappa shape index (κ1) is 13.8. The van der Waals surface area contributed by atoms with E-state index >= 15 is 0 Å². The van der Waals surface area contributed by atoms with Crippen molar-refractivity contribution in [2.45, 2.75) is 13.3 Å². The van der Waals surface area contributed by atoms with Crippen LogP contribution in [0.15, 0.2) is 51.5 Å². The number of phenols is 1. The first-order valence-corrected chi connectivity index (χ1v) is 7.38. The third-order valence-electron chi connectivity index (χ3n) is 3.24. The minimum Gasteiger partial charge on any atom is -0.507 e. The van der Waals surface area contributed by atoms with Crippen LogP contribution in [0.5, 0.6) is 5.75 Å². The van der Waals surface area contributed by atoms with Gasteiger partial charge in [-0.1, -0.05) is 52.3 Å². The van der Waals surface area contributed by atoms with Gasteiger partial charge in [0.1, 0.15) is 5.75 Å². The first-order chi connectivity index (χ1) is 10.2. The lowest BCUT2D eigenvalue weighted by atomic mass is 10.1. The SMILES string of the molecule is CCc1ccc(-c2noc(-c3ccc(Br)cc3O)n2)cc1. The van der Waals surface area contributed by atoms with Gasteiger partial charge >= 0.3 is 0 Å². The standard InChI is InChI=1S/C16H13BrN2O2/c1-2-10-3-5-11(6-4-10)15-18-16(21-19-15)13-8-7-12(17)9-14(13)20/h3-9,20H,2H2,1H3. The minimum atomic E-state index is 0.0981. The van der Waals surface area contributed by atoms with Crippen molar-refractivity contribution in [3.8, 4) is 28.6 Å². The maximum absolute atomic E-state index is 9.94. The topological polar surface area (TPSA) is 59.2 Å². The number of aromatic nitrogens is 2. The number of phenolic OH excluding ortho intramolecular Hbond substituents is 1. The molecule has 1 heterocycles. The summed E-state index contributed by atoms with van der Waals surface area (Å²) < 4.78 is 6.04. The van der Waals surface area contributed by atoms with Gasteiger partial charge in [-0.05, 0) is 30.2 Å². The molecule has 3 aromatic rings. The van der Waals surface area contributed by atoms with E-state index in [0.29, 0.717) is 17.3 Å². The molecule has 1 aromatic heterocycles. The van der Waals surface area contributed by atoms with Gasteiger partial charge in [-0.3, -0.25) is 0 Å². The van der Waals surface area contributed by atoms with Crippen molar-refractivity contribution in [1.82, 2.24) is 10.1 Å². The second-order valence-electron chi connectivity index (χ2n) is 4.64. The molecule has 0 saturated heterocycles. The Labute approximate surface area is 130 Å². The first-order valence-electron chi connectivity index (χ1n) is 6.59. The van der Waals surface area contributed by atoms with E-state index in [0.717, 1.165) is 16.5 Å². The van der Waals surface area contributed by atoms with Crippen molar-refractivity contribution in [2.75, 3.05) is 0 Å². The zero-order valence-corrected chi connectivity index (χ0v) is 13.0. The van der Waals surface area contributed by atoms with Crippen molar-refractivity contribution >= 4 is 15.9 Å². The summed E-state index contributed by atoms with van der Waals surface area (Å²) in [4.78, 5) is 4.34. The highest BCUT2D eigenvalue weighted by Gasteiger charge is 2.14. The third kappa shape index (κ3) is 2.83. The quantitative estimate of drug-likeness (QED) is 0.763. The average Bonchev–Trinajstić information content (AvgIpc) is 2.97. The maximum atomic E-state index is 9.94. The van der Waals surface area contributed by atoms with E-state index in [4.69, 9.17) is 4.52 Å². The largest absolute Gasteiger partial charge is 0.507 e. The predicted molar refractivity (Wildman–Crippen MR) is 83.9 cm³/mol. The molecule has 0 saturated carbocycles. The van der Waals surface area contributed by atoms with Crippen molar-refractivity contribution in [2.24, 2.45) is 0 Å². The molecular formula is C16H13BrN2O2. The molecule has 0 aliphatic rings. The van der Waals surface area contributed by atoms with Crippen LogP contribution in [-0.4, -0.2) is 15.2 Å². The van der Waals surface area contributed by atoms with Crippen molar-refractivity contribution in [3.05, 3.63) is 52.5 Å². The Bertz CT molecular complexity index is 766. The van der Waals surface area contributed by atoms with Gasteiger partial charge in [0.25, 0.3) is 5.89 Å². The number of aryl methyl sites for hydroxylation is 1. The molecule has 5 heteroatoms. The fourth-order valence-corrected chi connectivity index (χ4v) is 2.37. The molecule has 1 N–H and O–H groups in total. The number of hydrogen-bond donors (Lipinski definition) is 1. The summed E-state index contributed by atoms with van der Waals surface area (Å²) in [6, 6.07) is 13.2. The Morgan fingerprint density at radius 1 is 1.14 bits per heavy atom. The van der Waals surface area contributed by atoms with Gasteiger partial charge in [0.15, 0.2) is 0 Å². The molecule has 0 fully saturated rings. The summed E-state index contributed by atoms with van der Waals surface area (Å²) in [7, 11) is 0. The molecule has 0 amide bonds. The molecule has 0 bridgehead atoms. The normalized spacial score (nSPS) is 10.8. The van der Waals surface area contributed by atoms with E-state index in [9.17, 15) is 5.11 Å². The van der Waals surface area contributed by atoms with Crippen LogP contribution in [0.2, 0.25) is 0 Å². The summed E-state index contributed by atoms with van der Waals surface area (Å²) in [5.41, 5.74) is 2.66. The van der Waals surface area contributed by atoms with E-state index in [1.807, 2.05) is 30.3 Å². The lowest BCUT2D eigenvalue weighted by molar-refractivity contribution is 0.425. The van der Waals surface area contributed by atoms with Gasteiger partial charge in [-0.25, -0.2) is 0 Å². The lowest BCUT2D eigenvalue weighted by Gasteiger charge is -1.99. The minimum absolute atomic E-state index is 0.0981. The van der Waals surface area contributed by atoms with E-state index in [2.05, 4.69) is 33.0 Å². The molecule has 3 rings (SSSR count). The Balaban J connectivity index is 1.95. The number of aromatic hydroxyl groups is 1. The molecule has 4 nitrogen and oxygen atoms in total. The monoisotopic (exact) mass is 344 g/mol. The van der Waals surface area contributed by atoms with Gasteiger partial charge in [0, 0.05) is 10.0 Å². The zero-order chi connectivity index (χ0) is 14.8. The Morgan fingerprint density at radius 2 is 1.90 bits per heavy atom. The molecule has 0 unspecified atom stereocenters. The van der Waals surface area contributed by atoms with E-state index in [-0.39, 0.29) is 5.75 Å². The molecule has 21 heavy (non-hydrogen) atoms. The second kappa shape index (κ2) is 5.69. The summed E-state index contributed by atoms with van der Waals surface area (Å²) >= 11 is 3.30. The van der Waals surface area contributed by atoms with Crippen molar-refractivity contribution < 1.29 is 9.63 Å². The van der Waals surface area contributed by atoms with Crippen LogP contribution in [0.25, 0.3) is 22.8 Å². The van der Waals surface area contributed by atoms with Crippen LogP contribution >= 0.6 is 15.9 Å². The molecule has 106 valence electrons. The average molecular weight is 345 g/mol. The molecule has 0 aliphatic carbocycles. The predicted octanol–water partition coefficient (Wildman–Crippen LogP) is 4.43. The van der Waals surface area contributed by atoms with Crippen molar-refractivity contribution in [1.29, 1.82) is 0 Å².